The van der Waals surface area contributed by atoms with E-state index < -0.39 is 0 Å². The van der Waals surface area contributed by atoms with E-state index in [0.29, 0.717) is 18.4 Å². The van der Waals surface area contributed by atoms with Crippen LogP contribution in [0.25, 0.3) is 0 Å². The van der Waals surface area contributed by atoms with E-state index >= 15 is 0 Å². The van der Waals surface area contributed by atoms with Gasteiger partial charge in [0.15, 0.2) is 0 Å². The highest BCUT2D eigenvalue weighted by molar-refractivity contribution is 5.31. The summed E-state index contributed by atoms with van der Waals surface area (Å²) < 4.78 is 5.52. The first-order chi connectivity index (χ1) is 7.67. The fourth-order valence-electron chi connectivity index (χ4n) is 1.35. The van der Waals surface area contributed by atoms with Crippen LogP contribution in [-0.2, 0) is 0 Å². The first-order valence-electron chi connectivity index (χ1n) is 5.62. The summed E-state index contributed by atoms with van der Waals surface area (Å²) in [5.74, 6) is 1.28. The molecule has 0 atom stereocenters. The molecule has 1 heterocycles. The third kappa shape index (κ3) is 3.66. The molecule has 0 unspecified atom stereocenters. The summed E-state index contributed by atoms with van der Waals surface area (Å²) in [5, 5.41) is 0. The van der Waals surface area contributed by atoms with Gasteiger partial charge in [-0.2, -0.15) is 4.98 Å². The normalized spacial score (nSPS) is 10.6. The number of nitrogens with two attached hydrogens (primary N) is 1. The summed E-state index contributed by atoms with van der Waals surface area (Å²) in [5.41, 5.74) is 5.53. The Hall–Kier alpha value is -1.36. The van der Waals surface area contributed by atoms with Crippen LogP contribution in [0, 0.1) is 0 Å². The number of rotatable bonds is 6. The molecule has 1 aromatic rings. The van der Waals surface area contributed by atoms with Crippen molar-refractivity contribution >= 4 is 5.95 Å². The maximum Gasteiger partial charge on any atom is 0.228 e. The highest BCUT2D eigenvalue weighted by Crippen LogP contribution is 2.13. The molecule has 0 bridgehead atoms. The van der Waals surface area contributed by atoms with Crippen LogP contribution in [0.5, 0.6) is 5.88 Å². The zero-order valence-electron chi connectivity index (χ0n) is 10.2. The fourth-order valence-corrected chi connectivity index (χ4v) is 1.35. The smallest absolute Gasteiger partial charge is 0.228 e. The van der Waals surface area contributed by atoms with Crippen molar-refractivity contribution in [3.63, 3.8) is 0 Å². The molecule has 0 fully saturated rings. The van der Waals surface area contributed by atoms with E-state index in [1.54, 1.807) is 12.3 Å². The highest BCUT2D eigenvalue weighted by atomic mass is 16.5. The lowest BCUT2D eigenvalue weighted by atomic mass is 10.5. The molecule has 1 rings (SSSR count). The Morgan fingerprint density at radius 2 is 2.25 bits per heavy atom. The summed E-state index contributed by atoms with van der Waals surface area (Å²) in [6.07, 6.45) is 1.83. The molecule has 90 valence electrons. The number of hydrogen-bond acceptors (Lipinski definition) is 5. The summed E-state index contributed by atoms with van der Waals surface area (Å²) in [7, 11) is 0. The average Bonchev–Trinajstić information content (AvgIpc) is 2.25. The molecule has 1 aromatic heterocycles. The molecule has 0 aliphatic carbocycles. The van der Waals surface area contributed by atoms with Gasteiger partial charge < -0.3 is 15.4 Å². The molecule has 2 N–H and O–H groups in total. The molecule has 0 saturated heterocycles. The molecule has 5 heteroatoms. The van der Waals surface area contributed by atoms with Crippen LogP contribution >= 0.6 is 0 Å². The van der Waals surface area contributed by atoms with Gasteiger partial charge >= 0.3 is 0 Å². The van der Waals surface area contributed by atoms with E-state index in [1.807, 2.05) is 18.7 Å². The Morgan fingerprint density at radius 1 is 1.50 bits per heavy atom. The minimum absolute atomic E-state index is 0.118. The van der Waals surface area contributed by atoms with E-state index in [0.717, 1.165) is 13.1 Å². The summed E-state index contributed by atoms with van der Waals surface area (Å²) in [6.45, 7) is 8.17. The van der Waals surface area contributed by atoms with Crippen LogP contribution in [0.1, 0.15) is 20.8 Å². The predicted molar refractivity (Wildman–Crippen MR) is 64.7 cm³/mol. The topological polar surface area (TPSA) is 64.3 Å². The maximum absolute atomic E-state index is 5.53. The molecule has 0 saturated carbocycles. The van der Waals surface area contributed by atoms with Crippen molar-refractivity contribution in [1.82, 2.24) is 9.97 Å². The maximum atomic E-state index is 5.53. The monoisotopic (exact) mass is 224 g/mol. The van der Waals surface area contributed by atoms with Crippen molar-refractivity contribution in [1.29, 1.82) is 0 Å². The summed E-state index contributed by atoms with van der Waals surface area (Å²) >= 11 is 0. The van der Waals surface area contributed by atoms with E-state index in [4.69, 9.17) is 10.5 Å². The molecule has 5 nitrogen and oxygen atoms in total. The number of ether oxygens (including phenoxy) is 1. The largest absolute Gasteiger partial charge is 0.475 e. The van der Waals surface area contributed by atoms with Gasteiger partial charge in [-0.15, -0.1) is 0 Å². The van der Waals surface area contributed by atoms with Crippen molar-refractivity contribution in [3.05, 3.63) is 12.3 Å². The van der Waals surface area contributed by atoms with Crippen LogP contribution in [0.2, 0.25) is 0 Å². The lowest BCUT2D eigenvalue weighted by Crippen LogP contribution is -2.30. The van der Waals surface area contributed by atoms with Crippen LogP contribution in [0.3, 0.4) is 0 Å². The number of anilines is 1. The van der Waals surface area contributed by atoms with Crippen molar-refractivity contribution < 1.29 is 4.74 Å². The van der Waals surface area contributed by atoms with Gasteiger partial charge in [0.25, 0.3) is 0 Å². The quantitative estimate of drug-likeness (QED) is 0.782. The molecule has 0 aliphatic heterocycles. The highest BCUT2D eigenvalue weighted by Gasteiger charge is 2.08. The Balaban J connectivity index is 2.79. The van der Waals surface area contributed by atoms with Gasteiger partial charge in [0.05, 0.1) is 6.10 Å². The van der Waals surface area contributed by atoms with Gasteiger partial charge in [0.1, 0.15) is 0 Å². The van der Waals surface area contributed by atoms with E-state index in [1.165, 1.54) is 0 Å². The van der Waals surface area contributed by atoms with Crippen LogP contribution < -0.4 is 15.4 Å². The lowest BCUT2D eigenvalue weighted by Gasteiger charge is -2.20. The number of nitrogens with zero attached hydrogens (tertiary/aromatic N) is 3. The number of aromatic nitrogens is 2. The SMILES string of the molecule is CCN(CCN)c1nccc(OC(C)C)n1. The Bertz CT molecular complexity index is 317. The minimum atomic E-state index is 0.118. The van der Waals surface area contributed by atoms with E-state index in [-0.39, 0.29) is 6.10 Å². The Kier molecular flexibility index (Phi) is 4.98. The van der Waals surface area contributed by atoms with Crippen molar-refractivity contribution in [3.8, 4) is 5.88 Å². The van der Waals surface area contributed by atoms with E-state index in [2.05, 4.69) is 16.9 Å². The third-order valence-electron chi connectivity index (χ3n) is 2.04. The number of hydrogen-bond donors (Lipinski definition) is 1. The molecule has 0 aromatic carbocycles. The molecule has 16 heavy (non-hydrogen) atoms. The Morgan fingerprint density at radius 3 is 2.81 bits per heavy atom. The zero-order chi connectivity index (χ0) is 12.0. The van der Waals surface area contributed by atoms with Gasteiger partial charge in [-0.25, -0.2) is 4.98 Å². The summed E-state index contributed by atoms with van der Waals surface area (Å²) in [4.78, 5) is 10.6. The molecule has 0 aliphatic rings. The number of likely N-dealkylation sites (N-methyl/N-ethyl adjacent to an activating group) is 1. The molecular formula is C11H20N4O. The second kappa shape index (κ2) is 6.27. The van der Waals surface area contributed by atoms with Gasteiger partial charge in [0, 0.05) is 31.9 Å². The Labute approximate surface area is 96.6 Å². The third-order valence-corrected chi connectivity index (χ3v) is 2.04. The summed E-state index contributed by atoms with van der Waals surface area (Å²) in [6, 6.07) is 1.76. The zero-order valence-corrected chi connectivity index (χ0v) is 10.2. The van der Waals surface area contributed by atoms with Crippen LogP contribution in [-0.4, -0.2) is 35.7 Å². The molecule has 0 amide bonds. The van der Waals surface area contributed by atoms with Gasteiger partial charge in [0.2, 0.25) is 11.8 Å². The molecular weight excluding hydrogens is 204 g/mol. The van der Waals surface area contributed by atoms with Gasteiger partial charge in [-0.1, -0.05) is 0 Å². The standard InChI is InChI=1S/C11H20N4O/c1-4-15(8-6-12)11-13-7-5-10(14-11)16-9(2)3/h5,7,9H,4,6,8,12H2,1-3H3. The van der Waals surface area contributed by atoms with Crippen molar-refractivity contribution in [2.45, 2.75) is 26.9 Å². The van der Waals surface area contributed by atoms with Crippen LogP contribution in [0.15, 0.2) is 12.3 Å². The first-order valence-corrected chi connectivity index (χ1v) is 5.62. The average molecular weight is 224 g/mol. The van der Waals surface area contributed by atoms with Gasteiger partial charge in [-0.3, -0.25) is 0 Å². The second-order valence-corrected chi connectivity index (χ2v) is 3.73. The van der Waals surface area contributed by atoms with E-state index in [9.17, 15) is 0 Å². The molecule has 0 radical (unpaired) electrons. The van der Waals surface area contributed by atoms with Crippen molar-refractivity contribution in [2.24, 2.45) is 5.73 Å². The minimum Gasteiger partial charge on any atom is -0.475 e. The first kappa shape index (κ1) is 12.7. The van der Waals surface area contributed by atoms with Crippen molar-refractivity contribution in [2.75, 3.05) is 24.5 Å². The lowest BCUT2D eigenvalue weighted by molar-refractivity contribution is 0.232. The predicted octanol–water partition coefficient (Wildman–Crippen LogP) is 1.05. The fraction of sp³-hybridized carbons (Fsp3) is 0.636. The second-order valence-electron chi connectivity index (χ2n) is 3.73. The van der Waals surface area contributed by atoms with Gasteiger partial charge in [-0.05, 0) is 20.8 Å². The van der Waals surface area contributed by atoms with Crippen LogP contribution in [0.4, 0.5) is 5.95 Å². The molecule has 0 spiro atoms.